The van der Waals surface area contributed by atoms with Crippen LogP contribution in [0.5, 0.6) is 5.75 Å². The highest BCUT2D eigenvalue weighted by Gasteiger charge is 2.20. The van der Waals surface area contributed by atoms with E-state index in [4.69, 9.17) is 10.5 Å². The van der Waals surface area contributed by atoms with Gasteiger partial charge < -0.3 is 15.8 Å². The lowest BCUT2D eigenvalue weighted by atomic mass is 10.1. The van der Waals surface area contributed by atoms with Gasteiger partial charge in [-0.15, -0.1) is 0 Å². The van der Waals surface area contributed by atoms with Gasteiger partial charge in [-0.3, -0.25) is 4.79 Å². The Kier molecular flexibility index (Phi) is 7.40. The van der Waals surface area contributed by atoms with Crippen molar-refractivity contribution in [1.29, 1.82) is 0 Å². The highest BCUT2D eigenvalue weighted by Crippen LogP contribution is 2.17. The summed E-state index contributed by atoms with van der Waals surface area (Å²) < 4.78 is 6.62. The Labute approximate surface area is 133 Å². The third-order valence-electron chi connectivity index (χ3n) is 2.41. The molecule has 1 amide bonds. The van der Waals surface area contributed by atoms with Crippen LogP contribution in [0, 0.1) is 0 Å². The average Bonchev–Trinajstić information content (AvgIpc) is 2.36. The fourth-order valence-electron chi connectivity index (χ4n) is 1.34. The molecule has 4 nitrogen and oxygen atoms in total. The number of thioether (sulfide) groups is 1. The van der Waals surface area contributed by atoms with Crippen molar-refractivity contribution >= 4 is 33.6 Å². The van der Waals surface area contributed by atoms with Gasteiger partial charge in [-0.05, 0) is 32.0 Å². The largest absolute Gasteiger partial charge is 0.493 e. The number of hydrogen-bond acceptors (Lipinski definition) is 4. The van der Waals surface area contributed by atoms with E-state index in [2.05, 4.69) is 21.2 Å². The molecule has 112 valence electrons. The normalized spacial score (nSPS) is 11.2. The van der Waals surface area contributed by atoms with Crippen LogP contribution < -0.4 is 15.8 Å². The van der Waals surface area contributed by atoms with Crippen molar-refractivity contribution in [3.63, 3.8) is 0 Å². The van der Waals surface area contributed by atoms with E-state index in [1.165, 1.54) is 0 Å². The lowest BCUT2D eigenvalue weighted by Gasteiger charge is -2.17. The molecule has 0 bridgehead atoms. The Hall–Kier alpha value is -0.720. The molecule has 0 spiro atoms. The molecule has 0 fully saturated rings. The predicted molar refractivity (Wildman–Crippen MR) is 88.2 cm³/mol. The van der Waals surface area contributed by atoms with Gasteiger partial charge in [0.2, 0.25) is 5.91 Å². The van der Waals surface area contributed by atoms with Crippen LogP contribution in [0.15, 0.2) is 28.7 Å². The van der Waals surface area contributed by atoms with Gasteiger partial charge in [-0.2, -0.15) is 11.8 Å². The molecule has 0 aliphatic carbocycles. The summed E-state index contributed by atoms with van der Waals surface area (Å²) in [5.74, 6) is 2.47. The third kappa shape index (κ3) is 7.17. The van der Waals surface area contributed by atoms with E-state index in [-0.39, 0.29) is 5.91 Å². The van der Waals surface area contributed by atoms with Crippen molar-refractivity contribution < 1.29 is 9.53 Å². The molecule has 0 saturated carbocycles. The van der Waals surface area contributed by atoms with Crippen LogP contribution in [0.1, 0.15) is 13.8 Å². The number of ether oxygens (including phenoxy) is 1. The average molecular weight is 361 g/mol. The minimum Gasteiger partial charge on any atom is -0.493 e. The van der Waals surface area contributed by atoms with Gasteiger partial charge in [-0.1, -0.05) is 22.0 Å². The molecule has 1 rings (SSSR count). The maximum absolute atomic E-state index is 11.5. The maximum Gasteiger partial charge on any atom is 0.239 e. The quantitative estimate of drug-likeness (QED) is 0.698. The number of carbonyl (C=O) groups excluding carboxylic acids is 1. The van der Waals surface area contributed by atoms with E-state index in [0.29, 0.717) is 13.2 Å². The smallest absolute Gasteiger partial charge is 0.239 e. The zero-order valence-corrected chi connectivity index (χ0v) is 14.2. The van der Waals surface area contributed by atoms with Crippen LogP contribution in [0.25, 0.3) is 0 Å². The number of carbonyl (C=O) groups is 1. The first-order valence-electron chi connectivity index (χ1n) is 6.43. The van der Waals surface area contributed by atoms with Crippen molar-refractivity contribution in [1.82, 2.24) is 5.32 Å². The molecule has 0 atom stereocenters. The summed E-state index contributed by atoms with van der Waals surface area (Å²) in [5.41, 5.74) is 4.86. The number of benzene rings is 1. The molecule has 0 aliphatic rings. The lowest BCUT2D eigenvalue weighted by molar-refractivity contribution is -0.125. The zero-order valence-electron chi connectivity index (χ0n) is 11.8. The predicted octanol–water partition coefficient (Wildman–Crippen LogP) is 2.41. The minimum atomic E-state index is -0.811. The van der Waals surface area contributed by atoms with E-state index in [0.717, 1.165) is 21.7 Å². The van der Waals surface area contributed by atoms with E-state index < -0.39 is 5.54 Å². The highest BCUT2D eigenvalue weighted by molar-refractivity contribution is 9.10. The molecule has 0 aliphatic heterocycles. The van der Waals surface area contributed by atoms with E-state index in [9.17, 15) is 4.79 Å². The monoisotopic (exact) mass is 360 g/mol. The number of nitrogens with two attached hydrogens (primary N) is 1. The summed E-state index contributed by atoms with van der Waals surface area (Å²) in [7, 11) is 0. The molecule has 1 aromatic rings. The van der Waals surface area contributed by atoms with Crippen molar-refractivity contribution in [2.24, 2.45) is 5.73 Å². The molecule has 1 aromatic carbocycles. The minimum absolute atomic E-state index is 0.122. The number of hydrogen-bond donors (Lipinski definition) is 2. The van der Waals surface area contributed by atoms with Gasteiger partial charge in [-0.25, -0.2) is 0 Å². The fraction of sp³-hybridized carbons (Fsp3) is 0.500. The summed E-state index contributed by atoms with van der Waals surface area (Å²) in [5, 5.41) is 2.81. The molecule has 3 N–H and O–H groups in total. The topological polar surface area (TPSA) is 64.4 Å². The van der Waals surface area contributed by atoms with Gasteiger partial charge >= 0.3 is 0 Å². The van der Waals surface area contributed by atoms with Crippen LogP contribution in [0.3, 0.4) is 0 Å². The Balaban J connectivity index is 2.04. The molecule has 20 heavy (non-hydrogen) atoms. The standard InChI is InChI=1S/C14H21BrN2O2S/c1-14(2,16)13(18)17-6-8-20-9-7-19-12-5-3-4-11(15)10-12/h3-5,10H,6-9,16H2,1-2H3,(H,17,18). The van der Waals surface area contributed by atoms with Gasteiger partial charge in [0, 0.05) is 22.5 Å². The SMILES string of the molecule is CC(C)(N)C(=O)NCCSCCOc1cccc(Br)c1. The summed E-state index contributed by atoms with van der Waals surface area (Å²) >= 11 is 5.14. The Bertz CT molecular complexity index is 435. The maximum atomic E-state index is 11.5. The van der Waals surface area contributed by atoms with E-state index >= 15 is 0 Å². The van der Waals surface area contributed by atoms with Crippen LogP contribution >= 0.6 is 27.7 Å². The Morgan fingerprint density at radius 1 is 1.45 bits per heavy atom. The van der Waals surface area contributed by atoms with Gasteiger partial charge in [0.05, 0.1) is 12.1 Å². The first-order valence-corrected chi connectivity index (χ1v) is 8.37. The lowest BCUT2D eigenvalue weighted by Crippen LogP contribution is -2.49. The molecule has 0 aromatic heterocycles. The van der Waals surface area contributed by atoms with Crippen LogP contribution in [0.4, 0.5) is 0 Å². The van der Waals surface area contributed by atoms with Crippen LogP contribution in [0.2, 0.25) is 0 Å². The second kappa shape index (κ2) is 8.54. The van der Waals surface area contributed by atoms with Crippen molar-refractivity contribution in [2.45, 2.75) is 19.4 Å². The Morgan fingerprint density at radius 3 is 2.85 bits per heavy atom. The zero-order chi connectivity index (χ0) is 15.0. The van der Waals surface area contributed by atoms with Gasteiger partial charge in [0.25, 0.3) is 0 Å². The van der Waals surface area contributed by atoms with Crippen molar-refractivity contribution in [2.75, 3.05) is 24.7 Å². The Morgan fingerprint density at radius 2 is 2.20 bits per heavy atom. The summed E-state index contributed by atoms with van der Waals surface area (Å²) in [6.45, 7) is 4.67. The molecular formula is C14H21BrN2O2S. The second-order valence-electron chi connectivity index (χ2n) is 4.90. The summed E-state index contributed by atoms with van der Waals surface area (Å²) in [6.07, 6.45) is 0. The van der Waals surface area contributed by atoms with Crippen molar-refractivity contribution in [3.05, 3.63) is 28.7 Å². The highest BCUT2D eigenvalue weighted by atomic mass is 79.9. The number of rotatable bonds is 8. The van der Waals surface area contributed by atoms with Crippen LogP contribution in [-0.4, -0.2) is 36.1 Å². The van der Waals surface area contributed by atoms with Gasteiger partial charge in [0.1, 0.15) is 5.75 Å². The van der Waals surface area contributed by atoms with E-state index in [1.807, 2.05) is 24.3 Å². The third-order valence-corrected chi connectivity index (χ3v) is 3.85. The first-order chi connectivity index (χ1) is 9.39. The second-order valence-corrected chi connectivity index (χ2v) is 7.04. The molecule has 0 heterocycles. The molecule has 0 radical (unpaired) electrons. The van der Waals surface area contributed by atoms with Crippen molar-refractivity contribution in [3.8, 4) is 5.75 Å². The van der Waals surface area contributed by atoms with E-state index in [1.54, 1.807) is 25.6 Å². The van der Waals surface area contributed by atoms with Gasteiger partial charge in [0.15, 0.2) is 0 Å². The molecule has 0 saturated heterocycles. The number of halogens is 1. The fourth-order valence-corrected chi connectivity index (χ4v) is 2.37. The number of nitrogens with one attached hydrogen (secondary N) is 1. The molecular weight excluding hydrogens is 340 g/mol. The molecule has 6 heteroatoms. The number of amides is 1. The summed E-state index contributed by atoms with van der Waals surface area (Å²) in [6, 6.07) is 7.77. The first kappa shape index (κ1) is 17.3. The van der Waals surface area contributed by atoms with Crippen LogP contribution in [-0.2, 0) is 4.79 Å². The summed E-state index contributed by atoms with van der Waals surface area (Å²) in [4.78, 5) is 11.5. The molecule has 0 unspecified atom stereocenters.